The van der Waals surface area contributed by atoms with Gasteiger partial charge in [0.05, 0.1) is 6.54 Å². The van der Waals surface area contributed by atoms with E-state index in [1.54, 1.807) is 0 Å². The number of rotatable bonds is 5. The summed E-state index contributed by atoms with van der Waals surface area (Å²) in [5.41, 5.74) is 0. The molecular weight excluding hydrogens is 138 g/mol. The van der Waals surface area contributed by atoms with Crippen LogP contribution in [0.25, 0.3) is 0 Å². The van der Waals surface area contributed by atoms with Crippen LogP contribution in [-0.4, -0.2) is 24.8 Å². The maximum atomic E-state index is 8.58. The summed E-state index contributed by atoms with van der Waals surface area (Å²) in [5, 5.41) is 11.8. The molecule has 0 spiro atoms. The van der Waals surface area contributed by atoms with E-state index in [9.17, 15) is 0 Å². The van der Waals surface area contributed by atoms with Crippen LogP contribution in [0.2, 0.25) is 0 Å². The predicted octanol–water partition coefficient (Wildman–Crippen LogP) is 0.618. The van der Waals surface area contributed by atoms with Gasteiger partial charge in [-0.05, 0) is 25.8 Å². The summed E-state index contributed by atoms with van der Waals surface area (Å²) in [4.78, 5) is 0. The summed E-state index contributed by atoms with van der Waals surface area (Å²) in [6.45, 7) is 5.92. The molecule has 11 heavy (non-hydrogen) atoms. The number of nitrogens with one attached hydrogen (secondary N) is 1. The molecule has 0 aliphatic carbocycles. The summed E-state index contributed by atoms with van der Waals surface area (Å²) in [5.74, 6) is 6.27. The lowest BCUT2D eigenvalue weighted by Gasteiger charge is -2.08. The Hall–Kier alpha value is -0.520. The van der Waals surface area contributed by atoms with Crippen molar-refractivity contribution in [3.05, 3.63) is 0 Å². The van der Waals surface area contributed by atoms with E-state index in [1.807, 2.05) is 6.92 Å². The van der Waals surface area contributed by atoms with E-state index >= 15 is 0 Å². The van der Waals surface area contributed by atoms with Crippen molar-refractivity contribution in [2.45, 2.75) is 20.3 Å². The third-order valence-corrected chi connectivity index (χ3v) is 1.50. The Bertz CT molecular complexity index is 134. The van der Waals surface area contributed by atoms with E-state index in [0.717, 1.165) is 19.5 Å². The highest BCUT2D eigenvalue weighted by molar-refractivity contribution is 4.96. The summed E-state index contributed by atoms with van der Waals surface area (Å²) in [6.07, 6.45) is 0.868. The van der Waals surface area contributed by atoms with Gasteiger partial charge in [0.15, 0.2) is 0 Å². The summed E-state index contributed by atoms with van der Waals surface area (Å²) in [6, 6.07) is 0. The molecule has 0 fully saturated rings. The third-order valence-electron chi connectivity index (χ3n) is 1.50. The van der Waals surface area contributed by atoms with Gasteiger partial charge in [0.2, 0.25) is 0 Å². The molecule has 1 atom stereocenters. The van der Waals surface area contributed by atoms with Crippen molar-refractivity contribution in [2.24, 2.45) is 5.92 Å². The molecule has 0 radical (unpaired) electrons. The summed E-state index contributed by atoms with van der Waals surface area (Å²) in [7, 11) is 0. The normalized spacial score (nSPS) is 11.9. The minimum absolute atomic E-state index is 0.280. The predicted molar refractivity (Wildman–Crippen MR) is 47.2 cm³/mol. The van der Waals surface area contributed by atoms with Crippen molar-refractivity contribution in [3.8, 4) is 11.8 Å². The van der Waals surface area contributed by atoms with Crippen molar-refractivity contribution >= 4 is 0 Å². The zero-order valence-corrected chi connectivity index (χ0v) is 7.35. The number of aliphatic hydroxyl groups is 1. The molecule has 2 heteroatoms. The molecule has 0 bridgehead atoms. The molecule has 0 aliphatic heterocycles. The molecular formula is C9H17NO. The summed E-state index contributed by atoms with van der Waals surface area (Å²) < 4.78 is 0. The fourth-order valence-corrected chi connectivity index (χ4v) is 0.792. The lowest BCUT2D eigenvalue weighted by atomic mass is 10.1. The molecule has 64 valence electrons. The molecule has 0 amide bonds. The first-order chi connectivity index (χ1) is 5.31. The van der Waals surface area contributed by atoms with E-state index in [4.69, 9.17) is 5.11 Å². The lowest BCUT2D eigenvalue weighted by molar-refractivity contribution is 0.261. The van der Waals surface area contributed by atoms with E-state index in [0.29, 0.717) is 5.92 Å². The minimum Gasteiger partial charge on any atom is -0.396 e. The van der Waals surface area contributed by atoms with Crippen LogP contribution >= 0.6 is 0 Å². The van der Waals surface area contributed by atoms with Gasteiger partial charge in [-0.2, -0.15) is 0 Å². The molecule has 0 aromatic carbocycles. The topological polar surface area (TPSA) is 32.3 Å². The fraction of sp³-hybridized carbons (Fsp3) is 0.778. The number of hydrogen-bond acceptors (Lipinski definition) is 2. The van der Waals surface area contributed by atoms with Gasteiger partial charge in [-0.3, -0.25) is 0 Å². The van der Waals surface area contributed by atoms with Gasteiger partial charge in [0, 0.05) is 6.61 Å². The Kier molecular flexibility index (Phi) is 7.23. The zero-order valence-electron chi connectivity index (χ0n) is 7.35. The number of aliphatic hydroxyl groups excluding tert-OH is 1. The van der Waals surface area contributed by atoms with Crippen LogP contribution in [-0.2, 0) is 0 Å². The second kappa shape index (κ2) is 7.59. The smallest absolute Gasteiger partial charge is 0.0576 e. The van der Waals surface area contributed by atoms with Gasteiger partial charge < -0.3 is 10.4 Å². The standard InChI is InChI=1S/C9H17NO/c1-3-4-6-10-8-9(2)5-7-11/h9-11H,5-8H2,1-2H3. The highest BCUT2D eigenvalue weighted by Gasteiger charge is 1.97. The van der Waals surface area contributed by atoms with Crippen LogP contribution in [0.1, 0.15) is 20.3 Å². The van der Waals surface area contributed by atoms with Gasteiger partial charge in [0.25, 0.3) is 0 Å². The van der Waals surface area contributed by atoms with Crippen LogP contribution in [0, 0.1) is 17.8 Å². The second-order valence-corrected chi connectivity index (χ2v) is 2.68. The van der Waals surface area contributed by atoms with E-state index in [1.165, 1.54) is 0 Å². The molecule has 0 rings (SSSR count). The second-order valence-electron chi connectivity index (χ2n) is 2.68. The van der Waals surface area contributed by atoms with Crippen LogP contribution in [0.15, 0.2) is 0 Å². The Morgan fingerprint density at radius 2 is 2.27 bits per heavy atom. The molecule has 2 N–H and O–H groups in total. The molecule has 0 aliphatic rings. The first kappa shape index (κ1) is 10.5. The maximum absolute atomic E-state index is 8.58. The van der Waals surface area contributed by atoms with Gasteiger partial charge in [0.1, 0.15) is 0 Å². The molecule has 0 aromatic heterocycles. The SMILES string of the molecule is CC#CCNCC(C)CCO. The zero-order chi connectivity index (χ0) is 8.53. The van der Waals surface area contributed by atoms with Crippen molar-refractivity contribution in [3.63, 3.8) is 0 Å². The highest BCUT2D eigenvalue weighted by atomic mass is 16.3. The third kappa shape index (κ3) is 7.38. The van der Waals surface area contributed by atoms with Gasteiger partial charge in [-0.1, -0.05) is 12.8 Å². The van der Waals surface area contributed by atoms with Gasteiger partial charge in [-0.25, -0.2) is 0 Å². The van der Waals surface area contributed by atoms with E-state index < -0.39 is 0 Å². The van der Waals surface area contributed by atoms with Crippen molar-refractivity contribution in [1.82, 2.24) is 5.32 Å². The Balaban J connectivity index is 3.14. The summed E-state index contributed by atoms with van der Waals surface area (Å²) >= 11 is 0. The molecule has 0 saturated heterocycles. The maximum Gasteiger partial charge on any atom is 0.0576 e. The Morgan fingerprint density at radius 3 is 2.82 bits per heavy atom. The molecule has 1 unspecified atom stereocenters. The average Bonchev–Trinajstić information content (AvgIpc) is 1.99. The van der Waals surface area contributed by atoms with E-state index in [2.05, 4.69) is 24.1 Å². The van der Waals surface area contributed by atoms with Crippen LogP contribution in [0.4, 0.5) is 0 Å². The van der Waals surface area contributed by atoms with E-state index in [-0.39, 0.29) is 6.61 Å². The van der Waals surface area contributed by atoms with Crippen LogP contribution in [0.3, 0.4) is 0 Å². The van der Waals surface area contributed by atoms with Crippen molar-refractivity contribution in [1.29, 1.82) is 0 Å². The van der Waals surface area contributed by atoms with Gasteiger partial charge in [-0.15, -0.1) is 5.92 Å². The van der Waals surface area contributed by atoms with Crippen molar-refractivity contribution < 1.29 is 5.11 Å². The van der Waals surface area contributed by atoms with Crippen molar-refractivity contribution in [2.75, 3.05) is 19.7 Å². The number of hydrogen-bond donors (Lipinski definition) is 2. The molecule has 2 nitrogen and oxygen atoms in total. The Labute approximate surface area is 69.0 Å². The Morgan fingerprint density at radius 1 is 1.55 bits per heavy atom. The minimum atomic E-state index is 0.280. The van der Waals surface area contributed by atoms with Gasteiger partial charge >= 0.3 is 0 Å². The highest BCUT2D eigenvalue weighted by Crippen LogP contribution is 1.96. The first-order valence-electron chi connectivity index (χ1n) is 4.02. The average molecular weight is 155 g/mol. The largest absolute Gasteiger partial charge is 0.396 e. The lowest BCUT2D eigenvalue weighted by Crippen LogP contribution is -2.21. The monoisotopic (exact) mass is 155 g/mol. The van der Waals surface area contributed by atoms with Crippen LogP contribution in [0.5, 0.6) is 0 Å². The first-order valence-corrected chi connectivity index (χ1v) is 4.02. The fourth-order valence-electron chi connectivity index (χ4n) is 0.792. The molecule has 0 aromatic rings. The van der Waals surface area contributed by atoms with Crippen LogP contribution < -0.4 is 5.32 Å². The molecule has 0 heterocycles. The quantitative estimate of drug-likeness (QED) is 0.450. The molecule has 0 saturated carbocycles.